The van der Waals surface area contributed by atoms with Crippen molar-refractivity contribution >= 4 is 29.9 Å². The quantitative estimate of drug-likeness (QED) is 0.397. The number of guanidine groups is 1. The third-order valence-corrected chi connectivity index (χ3v) is 2.80. The Labute approximate surface area is 121 Å². The van der Waals surface area contributed by atoms with Crippen molar-refractivity contribution in [3.63, 3.8) is 0 Å². The molecular weight excluding hydrogens is 331 g/mol. The van der Waals surface area contributed by atoms with E-state index in [0.29, 0.717) is 0 Å². The van der Waals surface area contributed by atoms with Crippen LogP contribution in [0.2, 0.25) is 0 Å². The van der Waals surface area contributed by atoms with Gasteiger partial charge in [0.05, 0.1) is 6.61 Å². The molecule has 0 amide bonds. The molecule has 0 aliphatic heterocycles. The Kier molecular flexibility index (Phi) is 9.85. The fraction of sp³-hybridized carbons (Fsp3) is 0.909. The van der Waals surface area contributed by atoms with Gasteiger partial charge in [-0.2, -0.15) is 0 Å². The van der Waals surface area contributed by atoms with Crippen molar-refractivity contribution in [3.8, 4) is 0 Å². The van der Waals surface area contributed by atoms with E-state index in [9.17, 15) is 0 Å². The zero-order valence-electron chi connectivity index (χ0n) is 11.0. The maximum Gasteiger partial charge on any atom is 0.190 e. The van der Waals surface area contributed by atoms with E-state index in [-0.39, 0.29) is 24.0 Å². The Morgan fingerprint density at radius 1 is 1.41 bits per heavy atom. The molecule has 6 heteroatoms. The summed E-state index contributed by atoms with van der Waals surface area (Å²) in [6.07, 6.45) is 2.68. The van der Waals surface area contributed by atoms with Crippen molar-refractivity contribution in [1.29, 1.82) is 0 Å². The second kappa shape index (κ2) is 9.90. The van der Waals surface area contributed by atoms with Crippen molar-refractivity contribution in [2.45, 2.75) is 18.9 Å². The van der Waals surface area contributed by atoms with Crippen LogP contribution in [0.5, 0.6) is 0 Å². The highest BCUT2D eigenvalue weighted by molar-refractivity contribution is 14.0. The second-order valence-electron chi connectivity index (χ2n) is 4.01. The first kappa shape index (κ1) is 16.9. The first-order valence-corrected chi connectivity index (χ1v) is 5.93. The molecule has 0 saturated heterocycles. The number of nitrogens with zero attached hydrogens (tertiary/aromatic N) is 2. The average molecular weight is 356 g/mol. The molecule has 0 atom stereocenters. The number of hydrogen-bond acceptors (Lipinski definition) is 3. The van der Waals surface area contributed by atoms with Gasteiger partial charge in [0.2, 0.25) is 0 Å². The van der Waals surface area contributed by atoms with Gasteiger partial charge in [0.25, 0.3) is 0 Å². The number of ether oxygens (including phenoxy) is 1. The number of methoxy groups -OCH3 is 1. The van der Waals surface area contributed by atoms with Gasteiger partial charge in [-0.05, 0) is 12.8 Å². The van der Waals surface area contributed by atoms with Crippen LogP contribution in [0.4, 0.5) is 0 Å². The van der Waals surface area contributed by atoms with Crippen LogP contribution < -0.4 is 10.6 Å². The van der Waals surface area contributed by atoms with Crippen LogP contribution in [0.3, 0.4) is 0 Å². The van der Waals surface area contributed by atoms with Crippen molar-refractivity contribution in [3.05, 3.63) is 0 Å². The summed E-state index contributed by atoms with van der Waals surface area (Å²) in [5, 5.41) is 6.27. The number of aliphatic imine (C=N–C) groups is 1. The molecule has 5 nitrogen and oxygen atoms in total. The van der Waals surface area contributed by atoms with Crippen LogP contribution in [0.25, 0.3) is 0 Å². The van der Waals surface area contributed by atoms with Crippen LogP contribution in [-0.4, -0.2) is 64.3 Å². The van der Waals surface area contributed by atoms with E-state index in [1.165, 1.54) is 12.8 Å². The lowest BCUT2D eigenvalue weighted by atomic mass is 10.4. The fourth-order valence-corrected chi connectivity index (χ4v) is 1.72. The van der Waals surface area contributed by atoms with Crippen molar-refractivity contribution in [2.24, 2.45) is 4.99 Å². The van der Waals surface area contributed by atoms with E-state index in [0.717, 1.165) is 38.2 Å². The molecular formula is C11H25IN4O. The minimum absolute atomic E-state index is 0. The van der Waals surface area contributed by atoms with E-state index in [2.05, 4.69) is 20.5 Å². The molecule has 1 saturated carbocycles. The summed E-state index contributed by atoms with van der Waals surface area (Å²) in [7, 11) is 5.41. The largest absolute Gasteiger partial charge is 0.383 e. The molecule has 0 aromatic heterocycles. The van der Waals surface area contributed by atoms with Crippen LogP contribution in [-0.2, 0) is 4.74 Å². The van der Waals surface area contributed by atoms with Gasteiger partial charge in [-0.25, -0.2) is 0 Å². The Bertz CT molecular complexity index is 222. The fourth-order valence-electron chi connectivity index (χ4n) is 1.72. The Morgan fingerprint density at radius 2 is 2.12 bits per heavy atom. The Balaban J connectivity index is 0.00000256. The lowest BCUT2D eigenvalue weighted by Crippen LogP contribution is -2.41. The molecule has 1 fully saturated rings. The third kappa shape index (κ3) is 7.05. The summed E-state index contributed by atoms with van der Waals surface area (Å²) in [6.45, 7) is 3.82. The van der Waals surface area contributed by atoms with E-state index >= 15 is 0 Å². The number of rotatable bonds is 7. The summed E-state index contributed by atoms with van der Waals surface area (Å²) in [6, 6.07) is 0.786. The highest BCUT2D eigenvalue weighted by atomic mass is 127. The standard InChI is InChI=1S/C11H24N4O.HI/c1-12-11(13-2)14-6-7-15(8-9-16-3)10-4-5-10;/h10H,4-9H2,1-3H3,(H2,12,13,14);1H. The summed E-state index contributed by atoms with van der Waals surface area (Å²) in [4.78, 5) is 6.56. The zero-order valence-corrected chi connectivity index (χ0v) is 13.4. The predicted molar refractivity (Wildman–Crippen MR) is 82.3 cm³/mol. The van der Waals surface area contributed by atoms with Gasteiger partial charge < -0.3 is 15.4 Å². The maximum absolute atomic E-state index is 5.12. The molecule has 0 unspecified atom stereocenters. The zero-order chi connectivity index (χ0) is 11.8. The van der Waals surface area contributed by atoms with Crippen molar-refractivity contribution in [1.82, 2.24) is 15.5 Å². The first-order valence-electron chi connectivity index (χ1n) is 5.93. The molecule has 17 heavy (non-hydrogen) atoms. The van der Waals surface area contributed by atoms with Crippen molar-refractivity contribution < 1.29 is 4.74 Å². The highest BCUT2D eigenvalue weighted by Gasteiger charge is 2.27. The minimum Gasteiger partial charge on any atom is -0.383 e. The third-order valence-electron chi connectivity index (χ3n) is 2.80. The monoisotopic (exact) mass is 356 g/mol. The normalized spacial score (nSPS) is 15.6. The summed E-state index contributed by atoms with van der Waals surface area (Å²) >= 11 is 0. The summed E-state index contributed by atoms with van der Waals surface area (Å²) in [5.41, 5.74) is 0. The van der Waals surface area contributed by atoms with Gasteiger partial charge >= 0.3 is 0 Å². The highest BCUT2D eigenvalue weighted by Crippen LogP contribution is 2.25. The van der Waals surface area contributed by atoms with Crippen LogP contribution >= 0.6 is 24.0 Å². The van der Waals surface area contributed by atoms with E-state index < -0.39 is 0 Å². The van der Waals surface area contributed by atoms with Gasteiger partial charge in [0.15, 0.2) is 5.96 Å². The topological polar surface area (TPSA) is 48.9 Å². The molecule has 0 aromatic rings. The van der Waals surface area contributed by atoms with E-state index in [4.69, 9.17) is 4.74 Å². The average Bonchev–Trinajstić information content (AvgIpc) is 3.12. The molecule has 0 aromatic carbocycles. The maximum atomic E-state index is 5.12. The SMILES string of the molecule is CN=C(NC)NCCN(CCOC)C1CC1.I. The Morgan fingerprint density at radius 3 is 2.59 bits per heavy atom. The predicted octanol–water partition coefficient (Wildman–Crippen LogP) is 0.510. The molecule has 0 radical (unpaired) electrons. The molecule has 1 aliphatic carbocycles. The molecule has 1 rings (SSSR count). The van der Waals surface area contributed by atoms with Gasteiger partial charge in [-0.1, -0.05) is 0 Å². The lowest BCUT2D eigenvalue weighted by molar-refractivity contribution is 0.144. The second-order valence-corrected chi connectivity index (χ2v) is 4.01. The smallest absolute Gasteiger partial charge is 0.190 e. The van der Waals surface area contributed by atoms with Crippen LogP contribution in [0.15, 0.2) is 4.99 Å². The lowest BCUT2D eigenvalue weighted by Gasteiger charge is -2.22. The van der Waals surface area contributed by atoms with Gasteiger partial charge in [-0.3, -0.25) is 9.89 Å². The van der Waals surface area contributed by atoms with Gasteiger partial charge in [-0.15, -0.1) is 24.0 Å². The first-order chi connectivity index (χ1) is 7.81. The molecule has 0 heterocycles. The Hall–Kier alpha value is -0.0800. The molecule has 102 valence electrons. The minimum atomic E-state index is 0. The van der Waals surface area contributed by atoms with Crippen LogP contribution in [0, 0.1) is 0 Å². The molecule has 1 aliphatic rings. The molecule has 0 bridgehead atoms. The van der Waals surface area contributed by atoms with Crippen molar-refractivity contribution in [2.75, 3.05) is 47.4 Å². The number of halogens is 1. The van der Waals surface area contributed by atoms with E-state index in [1.807, 2.05) is 7.05 Å². The molecule has 0 spiro atoms. The van der Waals surface area contributed by atoms with E-state index in [1.54, 1.807) is 14.2 Å². The number of hydrogen-bond donors (Lipinski definition) is 2. The summed E-state index contributed by atoms with van der Waals surface area (Å²) in [5.74, 6) is 0.850. The van der Waals surface area contributed by atoms with Gasteiger partial charge in [0.1, 0.15) is 0 Å². The molecule has 2 N–H and O–H groups in total. The van der Waals surface area contributed by atoms with Crippen LogP contribution in [0.1, 0.15) is 12.8 Å². The number of nitrogens with one attached hydrogen (secondary N) is 2. The summed E-state index contributed by atoms with van der Waals surface area (Å²) < 4.78 is 5.12. The van der Waals surface area contributed by atoms with Gasteiger partial charge in [0, 0.05) is 46.9 Å².